The van der Waals surface area contributed by atoms with E-state index < -0.39 is 75.7 Å². The first-order valence-corrected chi connectivity index (χ1v) is 20.8. The molecule has 1 rings (SSSR count). The number of hydrogen-bond acceptors (Lipinski definition) is 12. The highest BCUT2D eigenvalue weighted by Crippen LogP contribution is 2.47. The average molecular weight is 741 g/mol. The minimum absolute atomic E-state index is 0.0513. The van der Waals surface area contributed by atoms with Crippen LogP contribution in [0.2, 0.25) is 0 Å². The van der Waals surface area contributed by atoms with Gasteiger partial charge in [-0.3, -0.25) is 18.6 Å². The Morgan fingerprint density at radius 2 is 0.940 bits per heavy atom. The molecule has 8 atom stereocenters. The standard InChI is InChI=1S/C36H69O13P/c1-3-5-6-7-8-9-10-11-12-13-14-15-16-17-18-19-20-21-22-23-25-29(37)46-26-28(48-30(38)24-4-2)27-47-50(44,45)49-36-34(42)32(40)31(39)33(41)35(36)43/h28,31-36,39-43H,3-27H2,1-2H3,(H,44,45)/t28-,31?,32-,33?,34?,35?,36?/m1/s1. The van der Waals surface area contributed by atoms with Crippen molar-refractivity contribution in [3.63, 3.8) is 0 Å². The van der Waals surface area contributed by atoms with Crippen molar-refractivity contribution in [1.82, 2.24) is 0 Å². The first-order valence-electron chi connectivity index (χ1n) is 19.3. The summed E-state index contributed by atoms with van der Waals surface area (Å²) >= 11 is 0. The summed E-state index contributed by atoms with van der Waals surface area (Å²) in [6.07, 6.45) is 12.7. The lowest BCUT2D eigenvalue weighted by molar-refractivity contribution is -0.220. The predicted molar refractivity (Wildman–Crippen MR) is 189 cm³/mol. The summed E-state index contributed by atoms with van der Waals surface area (Å²) < 4.78 is 32.7. The highest BCUT2D eigenvalue weighted by molar-refractivity contribution is 7.47. The number of phosphoric acid groups is 1. The van der Waals surface area contributed by atoms with Crippen LogP contribution in [-0.4, -0.2) is 98.3 Å². The highest BCUT2D eigenvalue weighted by Gasteiger charge is 2.51. The second-order valence-corrected chi connectivity index (χ2v) is 15.2. The maximum Gasteiger partial charge on any atom is 0.472 e. The number of esters is 2. The molecule has 0 radical (unpaired) electrons. The molecule has 6 unspecified atom stereocenters. The van der Waals surface area contributed by atoms with E-state index in [0.29, 0.717) is 12.8 Å². The Morgan fingerprint density at radius 1 is 0.540 bits per heavy atom. The van der Waals surface area contributed by atoms with Crippen LogP contribution in [0.4, 0.5) is 0 Å². The van der Waals surface area contributed by atoms with Crippen molar-refractivity contribution in [3.05, 3.63) is 0 Å². The van der Waals surface area contributed by atoms with Crippen molar-refractivity contribution in [3.8, 4) is 0 Å². The van der Waals surface area contributed by atoms with Gasteiger partial charge in [-0.2, -0.15) is 0 Å². The average Bonchev–Trinajstić information content (AvgIpc) is 3.08. The molecule has 0 aromatic carbocycles. The van der Waals surface area contributed by atoms with Gasteiger partial charge in [-0.25, -0.2) is 4.57 Å². The Bertz CT molecular complexity index is 906. The lowest BCUT2D eigenvalue weighted by Gasteiger charge is -2.41. The van der Waals surface area contributed by atoms with Gasteiger partial charge in [0.2, 0.25) is 0 Å². The van der Waals surface area contributed by atoms with Gasteiger partial charge in [-0.05, 0) is 12.8 Å². The van der Waals surface area contributed by atoms with E-state index in [0.717, 1.165) is 19.3 Å². The van der Waals surface area contributed by atoms with Crippen LogP contribution >= 0.6 is 7.82 Å². The molecule has 0 amide bonds. The Hall–Kier alpha value is -1.15. The molecular formula is C36H69O13P. The van der Waals surface area contributed by atoms with Crippen LogP contribution in [0.25, 0.3) is 0 Å². The molecule has 0 aromatic rings. The van der Waals surface area contributed by atoms with Gasteiger partial charge in [-0.15, -0.1) is 0 Å². The van der Waals surface area contributed by atoms with E-state index in [-0.39, 0.29) is 12.8 Å². The zero-order chi connectivity index (χ0) is 37.2. The normalized spacial score (nSPS) is 24.1. The molecule has 0 saturated heterocycles. The fourth-order valence-corrected chi connectivity index (χ4v) is 7.00. The third kappa shape index (κ3) is 21.4. The van der Waals surface area contributed by atoms with Gasteiger partial charge in [0, 0.05) is 12.8 Å². The molecule has 0 bridgehead atoms. The van der Waals surface area contributed by atoms with Gasteiger partial charge in [-0.1, -0.05) is 136 Å². The maximum atomic E-state index is 12.5. The van der Waals surface area contributed by atoms with Crippen LogP contribution in [0.1, 0.15) is 162 Å². The fraction of sp³-hybridized carbons (Fsp3) is 0.944. The van der Waals surface area contributed by atoms with Crippen LogP contribution < -0.4 is 0 Å². The molecule has 1 aliphatic carbocycles. The van der Waals surface area contributed by atoms with Crippen molar-refractivity contribution in [2.45, 2.75) is 204 Å². The van der Waals surface area contributed by atoms with E-state index in [9.17, 15) is 44.6 Å². The number of aliphatic hydroxyl groups excluding tert-OH is 5. The molecule has 0 aliphatic heterocycles. The van der Waals surface area contributed by atoms with Gasteiger partial charge in [0.05, 0.1) is 6.61 Å². The monoisotopic (exact) mass is 740 g/mol. The number of aliphatic hydroxyl groups is 5. The zero-order valence-corrected chi connectivity index (χ0v) is 31.6. The first-order chi connectivity index (χ1) is 23.9. The molecular weight excluding hydrogens is 671 g/mol. The molecule has 14 heteroatoms. The lowest BCUT2D eigenvalue weighted by atomic mass is 9.85. The van der Waals surface area contributed by atoms with E-state index in [2.05, 4.69) is 6.92 Å². The molecule has 296 valence electrons. The molecule has 1 saturated carbocycles. The lowest BCUT2D eigenvalue weighted by Crippen LogP contribution is -2.64. The third-order valence-electron chi connectivity index (χ3n) is 9.17. The van der Waals surface area contributed by atoms with Crippen LogP contribution in [0, 0.1) is 0 Å². The molecule has 1 aliphatic rings. The third-order valence-corrected chi connectivity index (χ3v) is 10.2. The van der Waals surface area contributed by atoms with Gasteiger partial charge in [0.25, 0.3) is 0 Å². The molecule has 50 heavy (non-hydrogen) atoms. The van der Waals surface area contributed by atoms with Gasteiger partial charge < -0.3 is 39.9 Å². The Morgan fingerprint density at radius 3 is 1.36 bits per heavy atom. The van der Waals surface area contributed by atoms with E-state index in [1.165, 1.54) is 103 Å². The number of ether oxygens (including phenoxy) is 2. The number of carbonyl (C=O) groups excluding carboxylic acids is 2. The number of carbonyl (C=O) groups is 2. The highest BCUT2D eigenvalue weighted by atomic mass is 31.2. The topological polar surface area (TPSA) is 210 Å². The van der Waals surface area contributed by atoms with Crippen molar-refractivity contribution in [2.24, 2.45) is 0 Å². The Kier molecular flexibility index (Phi) is 26.6. The zero-order valence-electron chi connectivity index (χ0n) is 30.7. The molecule has 13 nitrogen and oxygen atoms in total. The second kappa shape index (κ2) is 28.4. The minimum Gasteiger partial charge on any atom is -0.462 e. The summed E-state index contributed by atoms with van der Waals surface area (Å²) in [5, 5.41) is 49.5. The summed E-state index contributed by atoms with van der Waals surface area (Å²) in [6.45, 7) is 2.84. The predicted octanol–water partition coefficient (Wildman–Crippen LogP) is 5.77. The second-order valence-electron chi connectivity index (χ2n) is 13.8. The SMILES string of the molecule is CCCCCCCCCCCCCCCCCCCCCCC(=O)OC[C@H](COP(=O)(O)OC1C(O)C(O)C(O)[C@@H](O)C1O)OC(=O)CCC. The fourth-order valence-electron chi connectivity index (χ4n) is 6.03. The van der Waals surface area contributed by atoms with Crippen LogP contribution in [0.15, 0.2) is 0 Å². The minimum atomic E-state index is -5.08. The quantitative estimate of drug-likeness (QED) is 0.0284. The summed E-state index contributed by atoms with van der Waals surface area (Å²) in [5.74, 6) is -1.15. The molecule has 0 heterocycles. The summed E-state index contributed by atoms with van der Waals surface area (Å²) in [7, 11) is -5.08. The molecule has 1 fully saturated rings. The molecule has 6 N–H and O–H groups in total. The van der Waals surface area contributed by atoms with Crippen LogP contribution in [0.3, 0.4) is 0 Å². The number of rotatable bonds is 31. The van der Waals surface area contributed by atoms with Gasteiger partial charge in [0.15, 0.2) is 6.10 Å². The number of unbranched alkanes of at least 4 members (excludes halogenated alkanes) is 19. The largest absolute Gasteiger partial charge is 0.472 e. The van der Waals surface area contributed by atoms with Crippen LogP contribution in [0.5, 0.6) is 0 Å². The van der Waals surface area contributed by atoms with Gasteiger partial charge in [0.1, 0.15) is 43.2 Å². The first kappa shape index (κ1) is 46.9. The van der Waals surface area contributed by atoms with Crippen molar-refractivity contribution in [1.29, 1.82) is 0 Å². The molecule has 0 aromatic heterocycles. The van der Waals surface area contributed by atoms with Gasteiger partial charge >= 0.3 is 19.8 Å². The maximum absolute atomic E-state index is 12.5. The molecule has 0 spiro atoms. The smallest absolute Gasteiger partial charge is 0.462 e. The Balaban J connectivity index is 2.20. The summed E-state index contributed by atoms with van der Waals surface area (Å²) in [6, 6.07) is 0. The van der Waals surface area contributed by atoms with E-state index in [4.69, 9.17) is 18.5 Å². The van der Waals surface area contributed by atoms with Crippen LogP contribution in [-0.2, 0) is 32.7 Å². The van der Waals surface area contributed by atoms with E-state index in [1.807, 2.05) is 0 Å². The summed E-state index contributed by atoms with van der Waals surface area (Å²) in [5.41, 5.74) is 0. The van der Waals surface area contributed by atoms with Crippen molar-refractivity contribution >= 4 is 19.8 Å². The Labute approximate surface area is 300 Å². The number of phosphoric ester groups is 1. The summed E-state index contributed by atoms with van der Waals surface area (Å²) in [4.78, 5) is 34.5. The van der Waals surface area contributed by atoms with Crippen molar-refractivity contribution < 1.29 is 63.1 Å². The van der Waals surface area contributed by atoms with E-state index >= 15 is 0 Å². The number of hydrogen-bond donors (Lipinski definition) is 6. The van der Waals surface area contributed by atoms with E-state index in [1.54, 1.807) is 6.92 Å². The van der Waals surface area contributed by atoms with Crippen molar-refractivity contribution in [2.75, 3.05) is 13.2 Å².